The maximum atomic E-state index is 9.25. The Balaban J connectivity index is 1.75. The van der Waals surface area contributed by atoms with Gasteiger partial charge < -0.3 is 14.6 Å². The fourth-order valence-corrected chi connectivity index (χ4v) is 2.07. The third-order valence-electron chi connectivity index (χ3n) is 3.23. The molecule has 0 spiro atoms. The molecule has 1 aromatic rings. The lowest BCUT2D eigenvalue weighted by atomic mass is 10.2. The topological polar surface area (TPSA) is 41.9 Å². The summed E-state index contributed by atoms with van der Waals surface area (Å²) in [5.41, 5.74) is 1.23. The number of hydrogen-bond acceptors (Lipinski definition) is 4. The van der Waals surface area contributed by atoms with E-state index in [2.05, 4.69) is 11.8 Å². The second kappa shape index (κ2) is 6.73. The number of aryl methyl sites for hydroxylation is 1. The third kappa shape index (κ3) is 3.70. The van der Waals surface area contributed by atoms with E-state index in [0.717, 1.165) is 25.4 Å². The molecule has 0 radical (unpaired) electrons. The fraction of sp³-hybridized carbons (Fsp3) is 0.571. The molecule has 18 heavy (non-hydrogen) atoms. The lowest BCUT2D eigenvalue weighted by Gasteiger charge is -2.34. The molecule has 1 saturated heterocycles. The molecule has 1 N–H and O–H groups in total. The lowest BCUT2D eigenvalue weighted by molar-refractivity contribution is -0.0312. The van der Waals surface area contributed by atoms with E-state index in [9.17, 15) is 5.11 Å². The predicted octanol–water partition coefficient (Wildman–Crippen LogP) is 1.07. The highest BCUT2D eigenvalue weighted by Crippen LogP contribution is 2.12. The SMILES string of the molecule is Cc1ccc(OCCN2CCOCC2CO)cc1. The highest BCUT2D eigenvalue weighted by Gasteiger charge is 2.21. The van der Waals surface area contributed by atoms with Crippen LogP contribution in [0.2, 0.25) is 0 Å². The Morgan fingerprint density at radius 3 is 2.89 bits per heavy atom. The molecule has 1 aliphatic heterocycles. The number of benzene rings is 1. The van der Waals surface area contributed by atoms with Crippen molar-refractivity contribution in [3.63, 3.8) is 0 Å². The van der Waals surface area contributed by atoms with Gasteiger partial charge in [-0.1, -0.05) is 17.7 Å². The number of nitrogens with zero attached hydrogens (tertiary/aromatic N) is 1. The Labute approximate surface area is 108 Å². The van der Waals surface area contributed by atoms with Crippen molar-refractivity contribution in [2.45, 2.75) is 13.0 Å². The van der Waals surface area contributed by atoms with Crippen molar-refractivity contribution in [1.82, 2.24) is 4.90 Å². The minimum Gasteiger partial charge on any atom is -0.492 e. The average Bonchev–Trinajstić information content (AvgIpc) is 2.41. The van der Waals surface area contributed by atoms with Gasteiger partial charge in [-0.05, 0) is 19.1 Å². The summed E-state index contributed by atoms with van der Waals surface area (Å²) in [6, 6.07) is 8.16. The highest BCUT2D eigenvalue weighted by molar-refractivity contribution is 5.26. The number of aliphatic hydroxyl groups excluding tert-OH is 1. The van der Waals surface area contributed by atoms with Crippen LogP contribution in [0.3, 0.4) is 0 Å². The van der Waals surface area contributed by atoms with E-state index >= 15 is 0 Å². The Morgan fingerprint density at radius 2 is 2.17 bits per heavy atom. The van der Waals surface area contributed by atoms with Crippen LogP contribution in [0, 0.1) is 6.92 Å². The second-order valence-corrected chi connectivity index (χ2v) is 4.61. The standard InChI is InChI=1S/C14H21NO3/c1-12-2-4-14(5-3-12)18-9-7-15-6-8-17-11-13(15)10-16/h2-5,13,16H,6-11H2,1H3. The van der Waals surface area contributed by atoms with E-state index in [4.69, 9.17) is 9.47 Å². The summed E-state index contributed by atoms with van der Waals surface area (Å²) in [5.74, 6) is 0.898. The number of aliphatic hydroxyl groups is 1. The van der Waals surface area contributed by atoms with Gasteiger partial charge in [0, 0.05) is 13.1 Å². The Morgan fingerprint density at radius 1 is 1.39 bits per heavy atom. The van der Waals surface area contributed by atoms with E-state index in [1.807, 2.05) is 24.3 Å². The molecule has 0 aromatic heterocycles. The number of ether oxygens (including phenoxy) is 2. The van der Waals surface area contributed by atoms with E-state index in [-0.39, 0.29) is 12.6 Å². The average molecular weight is 251 g/mol. The van der Waals surface area contributed by atoms with Gasteiger partial charge in [-0.25, -0.2) is 0 Å². The zero-order valence-electron chi connectivity index (χ0n) is 10.8. The van der Waals surface area contributed by atoms with E-state index in [0.29, 0.717) is 13.2 Å². The quantitative estimate of drug-likeness (QED) is 0.850. The fourth-order valence-electron chi connectivity index (χ4n) is 2.07. The van der Waals surface area contributed by atoms with E-state index < -0.39 is 0 Å². The van der Waals surface area contributed by atoms with Crippen LogP contribution in [-0.4, -0.2) is 55.6 Å². The van der Waals surface area contributed by atoms with Crippen molar-refractivity contribution in [3.8, 4) is 5.75 Å². The van der Waals surface area contributed by atoms with Gasteiger partial charge in [0.1, 0.15) is 12.4 Å². The zero-order valence-corrected chi connectivity index (χ0v) is 10.8. The van der Waals surface area contributed by atoms with Crippen LogP contribution < -0.4 is 4.74 Å². The zero-order chi connectivity index (χ0) is 12.8. The van der Waals surface area contributed by atoms with Crippen molar-refractivity contribution in [2.75, 3.05) is 39.5 Å². The molecule has 1 heterocycles. The summed E-state index contributed by atoms with van der Waals surface area (Å²) in [6.07, 6.45) is 0. The Bertz CT molecular complexity index is 353. The van der Waals surface area contributed by atoms with Crippen LogP contribution in [-0.2, 0) is 4.74 Å². The summed E-state index contributed by atoms with van der Waals surface area (Å²) in [6.45, 7) is 5.88. The molecule has 1 aromatic carbocycles. The van der Waals surface area contributed by atoms with Crippen LogP contribution >= 0.6 is 0 Å². The summed E-state index contributed by atoms with van der Waals surface area (Å²) in [4.78, 5) is 2.22. The van der Waals surface area contributed by atoms with Gasteiger partial charge in [0.25, 0.3) is 0 Å². The second-order valence-electron chi connectivity index (χ2n) is 4.61. The monoisotopic (exact) mass is 251 g/mol. The van der Waals surface area contributed by atoms with Gasteiger partial charge in [0.15, 0.2) is 0 Å². The van der Waals surface area contributed by atoms with Crippen molar-refractivity contribution in [2.24, 2.45) is 0 Å². The van der Waals surface area contributed by atoms with Gasteiger partial charge in [-0.3, -0.25) is 4.90 Å². The summed E-state index contributed by atoms with van der Waals surface area (Å²) in [7, 11) is 0. The largest absolute Gasteiger partial charge is 0.492 e. The summed E-state index contributed by atoms with van der Waals surface area (Å²) < 4.78 is 11.0. The molecule has 1 unspecified atom stereocenters. The van der Waals surface area contributed by atoms with Crippen LogP contribution in [0.25, 0.3) is 0 Å². The van der Waals surface area contributed by atoms with Crippen LogP contribution in [0.4, 0.5) is 0 Å². The Hall–Kier alpha value is -1.10. The van der Waals surface area contributed by atoms with Gasteiger partial charge >= 0.3 is 0 Å². The molecule has 1 fully saturated rings. The molecule has 1 aliphatic rings. The molecular weight excluding hydrogens is 230 g/mol. The minimum absolute atomic E-state index is 0.111. The van der Waals surface area contributed by atoms with Crippen LogP contribution in [0.1, 0.15) is 5.56 Å². The molecule has 100 valence electrons. The first-order valence-electron chi connectivity index (χ1n) is 6.41. The maximum absolute atomic E-state index is 9.25. The predicted molar refractivity (Wildman–Crippen MR) is 69.9 cm³/mol. The molecule has 0 aliphatic carbocycles. The molecule has 4 heteroatoms. The van der Waals surface area contributed by atoms with Gasteiger partial charge in [-0.15, -0.1) is 0 Å². The maximum Gasteiger partial charge on any atom is 0.119 e. The van der Waals surface area contributed by atoms with Crippen LogP contribution in [0.15, 0.2) is 24.3 Å². The number of morpholine rings is 1. The van der Waals surface area contributed by atoms with E-state index in [1.54, 1.807) is 0 Å². The molecule has 4 nitrogen and oxygen atoms in total. The lowest BCUT2D eigenvalue weighted by Crippen LogP contribution is -2.48. The van der Waals surface area contributed by atoms with Gasteiger partial charge in [0.05, 0.1) is 25.9 Å². The van der Waals surface area contributed by atoms with Crippen molar-refractivity contribution in [1.29, 1.82) is 0 Å². The first-order valence-corrected chi connectivity index (χ1v) is 6.41. The van der Waals surface area contributed by atoms with Crippen molar-refractivity contribution >= 4 is 0 Å². The first-order chi connectivity index (χ1) is 8.79. The Kier molecular flexibility index (Phi) is 4.99. The van der Waals surface area contributed by atoms with Gasteiger partial charge in [-0.2, -0.15) is 0 Å². The third-order valence-corrected chi connectivity index (χ3v) is 3.23. The molecular formula is C14H21NO3. The minimum atomic E-state index is 0.111. The van der Waals surface area contributed by atoms with E-state index in [1.165, 1.54) is 5.56 Å². The van der Waals surface area contributed by atoms with Crippen LogP contribution in [0.5, 0.6) is 5.75 Å². The summed E-state index contributed by atoms with van der Waals surface area (Å²) >= 11 is 0. The molecule has 0 bridgehead atoms. The summed E-state index contributed by atoms with van der Waals surface area (Å²) in [5, 5.41) is 9.25. The molecule has 2 rings (SSSR count). The molecule has 1 atom stereocenters. The molecule has 0 saturated carbocycles. The van der Waals surface area contributed by atoms with Crippen molar-refractivity contribution in [3.05, 3.63) is 29.8 Å². The first kappa shape index (κ1) is 13.3. The van der Waals surface area contributed by atoms with Crippen molar-refractivity contribution < 1.29 is 14.6 Å². The smallest absolute Gasteiger partial charge is 0.119 e. The number of rotatable bonds is 5. The number of hydrogen-bond donors (Lipinski definition) is 1. The normalized spacial score (nSPS) is 20.9. The van der Waals surface area contributed by atoms with Gasteiger partial charge in [0.2, 0.25) is 0 Å². The molecule has 0 amide bonds. The highest BCUT2D eigenvalue weighted by atomic mass is 16.5.